The third-order valence-electron chi connectivity index (χ3n) is 7.62. The van der Waals surface area contributed by atoms with Gasteiger partial charge in [0.1, 0.15) is 18.0 Å². The van der Waals surface area contributed by atoms with Crippen molar-refractivity contribution in [1.82, 2.24) is 20.2 Å². The van der Waals surface area contributed by atoms with Crippen LogP contribution in [0, 0.1) is 11.7 Å². The second-order valence-corrected chi connectivity index (χ2v) is 10.2. The number of carbonyl (C=O) groups is 1. The summed E-state index contributed by atoms with van der Waals surface area (Å²) < 4.78 is 54.1. The maximum Gasteiger partial charge on any atom is 0.416 e. The summed E-state index contributed by atoms with van der Waals surface area (Å²) in [7, 11) is 0. The standard InChI is InChI=1S/C26H31F4N5O/c1-16-2-7-22-23(16)24(33-15-32-22)34-8-10-35(11-9-34)25(36)20(14-31-13-17-3-4-17)19-6-5-18(12-21(19)27)26(28,29)30/h5-6,12,15-17,20,31H,2-4,7-11,13-14H2,1H3/t16?,20-/m1/s1. The van der Waals surface area contributed by atoms with Crippen LogP contribution < -0.4 is 10.2 Å². The molecule has 1 aromatic heterocycles. The molecule has 1 amide bonds. The van der Waals surface area contributed by atoms with Crippen molar-refractivity contribution in [2.24, 2.45) is 5.92 Å². The van der Waals surface area contributed by atoms with Crippen molar-refractivity contribution >= 4 is 11.7 Å². The van der Waals surface area contributed by atoms with Crippen LogP contribution in [0.4, 0.5) is 23.4 Å². The van der Waals surface area contributed by atoms with E-state index in [-0.39, 0.29) is 18.0 Å². The Morgan fingerprint density at radius 3 is 2.56 bits per heavy atom. The smallest absolute Gasteiger partial charge is 0.353 e. The van der Waals surface area contributed by atoms with E-state index in [4.69, 9.17) is 0 Å². The molecule has 2 atom stereocenters. The quantitative estimate of drug-likeness (QED) is 0.574. The van der Waals surface area contributed by atoms with Crippen molar-refractivity contribution < 1.29 is 22.4 Å². The van der Waals surface area contributed by atoms with E-state index in [1.54, 1.807) is 11.2 Å². The topological polar surface area (TPSA) is 61.4 Å². The summed E-state index contributed by atoms with van der Waals surface area (Å²) in [5.41, 5.74) is 1.22. The third-order valence-corrected chi connectivity index (χ3v) is 7.62. The first-order valence-electron chi connectivity index (χ1n) is 12.7. The predicted molar refractivity (Wildman–Crippen MR) is 127 cm³/mol. The zero-order valence-electron chi connectivity index (χ0n) is 20.3. The van der Waals surface area contributed by atoms with Crippen molar-refractivity contribution in [2.45, 2.75) is 50.6 Å². The lowest BCUT2D eigenvalue weighted by atomic mass is 9.95. The zero-order chi connectivity index (χ0) is 25.4. The lowest BCUT2D eigenvalue weighted by Crippen LogP contribution is -2.51. The van der Waals surface area contributed by atoms with Gasteiger partial charge in [0, 0.05) is 49.5 Å². The molecule has 1 saturated heterocycles. The number of fused-ring (bicyclic) bond motifs is 1. The molecule has 10 heteroatoms. The highest BCUT2D eigenvalue weighted by Crippen LogP contribution is 2.37. The fourth-order valence-corrected chi connectivity index (χ4v) is 5.30. The Bertz CT molecular complexity index is 1110. The van der Waals surface area contributed by atoms with E-state index in [1.807, 2.05) is 0 Å². The second-order valence-electron chi connectivity index (χ2n) is 10.2. The molecule has 1 saturated carbocycles. The summed E-state index contributed by atoms with van der Waals surface area (Å²) in [6, 6.07) is 2.46. The molecule has 0 spiro atoms. The number of rotatable bonds is 7. The summed E-state index contributed by atoms with van der Waals surface area (Å²) in [5.74, 6) is -0.285. The SMILES string of the molecule is CC1CCc2ncnc(N3CCN(C(=O)[C@H](CNCC4CC4)c4ccc(C(F)(F)F)cc4F)CC3)c21. The van der Waals surface area contributed by atoms with E-state index in [9.17, 15) is 22.4 Å². The molecule has 2 aromatic rings. The number of nitrogens with zero attached hydrogens (tertiary/aromatic N) is 4. The molecule has 1 unspecified atom stereocenters. The fourth-order valence-electron chi connectivity index (χ4n) is 5.30. The first-order valence-corrected chi connectivity index (χ1v) is 12.7. The average Bonchev–Trinajstić information content (AvgIpc) is 3.61. The number of nitrogens with one attached hydrogen (secondary N) is 1. The summed E-state index contributed by atoms with van der Waals surface area (Å²) in [4.78, 5) is 26.4. The number of carbonyl (C=O) groups excluding carboxylic acids is 1. The minimum absolute atomic E-state index is 0.00108. The minimum Gasteiger partial charge on any atom is -0.353 e. The molecular weight excluding hydrogens is 474 g/mol. The summed E-state index contributed by atoms with van der Waals surface area (Å²) >= 11 is 0. The minimum atomic E-state index is -4.64. The van der Waals surface area contributed by atoms with E-state index in [1.165, 1.54) is 5.56 Å². The van der Waals surface area contributed by atoms with Crippen molar-refractivity contribution in [3.63, 3.8) is 0 Å². The largest absolute Gasteiger partial charge is 0.416 e. The number of piperazine rings is 1. The van der Waals surface area contributed by atoms with Crippen LogP contribution in [0.15, 0.2) is 24.5 Å². The molecule has 1 aromatic carbocycles. The monoisotopic (exact) mass is 505 g/mol. The van der Waals surface area contributed by atoms with Crippen molar-refractivity contribution in [2.75, 3.05) is 44.2 Å². The van der Waals surface area contributed by atoms with E-state index >= 15 is 0 Å². The molecule has 1 aliphatic heterocycles. The molecule has 5 rings (SSSR count). The highest BCUT2D eigenvalue weighted by atomic mass is 19.4. The van der Waals surface area contributed by atoms with Gasteiger partial charge in [-0.1, -0.05) is 13.0 Å². The zero-order valence-corrected chi connectivity index (χ0v) is 20.3. The van der Waals surface area contributed by atoms with Gasteiger partial charge in [0.05, 0.1) is 11.5 Å². The molecule has 2 heterocycles. The molecule has 3 aliphatic rings. The number of hydrogen-bond donors (Lipinski definition) is 1. The van der Waals surface area contributed by atoms with Crippen LogP contribution in [0.1, 0.15) is 60.4 Å². The molecule has 6 nitrogen and oxygen atoms in total. The molecular formula is C26H31F4N5O. The van der Waals surface area contributed by atoms with Crippen molar-refractivity contribution in [1.29, 1.82) is 0 Å². The molecule has 2 aliphatic carbocycles. The number of aryl methyl sites for hydroxylation is 1. The van der Waals surface area contributed by atoms with Crippen LogP contribution in [-0.2, 0) is 17.4 Å². The van der Waals surface area contributed by atoms with E-state index < -0.39 is 23.5 Å². The summed E-state index contributed by atoms with van der Waals surface area (Å²) in [5, 5.41) is 3.24. The summed E-state index contributed by atoms with van der Waals surface area (Å²) in [6.07, 6.45) is 1.18. The lowest BCUT2D eigenvalue weighted by molar-refractivity contribution is -0.137. The molecule has 0 bridgehead atoms. The van der Waals surface area contributed by atoms with Gasteiger partial charge in [-0.25, -0.2) is 14.4 Å². The van der Waals surface area contributed by atoms with Crippen LogP contribution in [0.25, 0.3) is 0 Å². The molecule has 194 valence electrons. The van der Waals surface area contributed by atoms with Crippen LogP contribution in [-0.4, -0.2) is 60.0 Å². The van der Waals surface area contributed by atoms with Crippen LogP contribution in [0.2, 0.25) is 0 Å². The number of benzene rings is 1. The second kappa shape index (κ2) is 9.95. The molecule has 36 heavy (non-hydrogen) atoms. The van der Waals surface area contributed by atoms with Crippen LogP contribution in [0.3, 0.4) is 0 Å². The van der Waals surface area contributed by atoms with E-state index in [2.05, 4.69) is 27.1 Å². The van der Waals surface area contributed by atoms with Gasteiger partial charge >= 0.3 is 6.18 Å². The number of anilines is 1. The Balaban J connectivity index is 1.31. The number of halogens is 4. The maximum atomic E-state index is 14.9. The van der Waals surface area contributed by atoms with E-state index in [0.29, 0.717) is 44.1 Å². The first-order chi connectivity index (χ1) is 17.2. The molecule has 1 N–H and O–H groups in total. The van der Waals surface area contributed by atoms with Crippen molar-refractivity contribution in [3.05, 3.63) is 52.7 Å². The Labute approximate surface area is 208 Å². The predicted octanol–water partition coefficient (Wildman–Crippen LogP) is 4.12. The average molecular weight is 506 g/mol. The number of hydrogen-bond acceptors (Lipinski definition) is 5. The van der Waals surface area contributed by atoms with Gasteiger partial charge in [-0.15, -0.1) is 0 Å². The van der Waals surface area contributed by atoms with Gasteiger partial charge in [-0.3, -0.25) is 4.79 Å². The highest BCUT2D eigenvalue weighted by molar-refractivity contribution is 5.84. The van der Waals surface area contributed by atoms with Crippen molar-refractivity contribution in [3.8, 4) is 0 Å². The Morgan fingerprint density at radius 1 is 1.14 bits per heavy atom. The summed E-state index contributed by atoms with van der Waals surface area (Å²) in [6.45, 7) is 5.13. The Morgan fingerprint density at radius 2 is 1.89 bits per heavy atom. The van der Waals surface area contributed by atoms with Crippen LogP contribution in [0.5, 0.6) is 0 Å². The Hall–Kier alpha value is -2.75. The maximum absolute atomic E-state index is 14.9. The third kappa shape index (κ3) is 5.19. The van der Waals surface area contributed by atoms with Gasteiger partial charge in [0.15, 0.2) is 0 Å². The number of alkyl halides is 3. The first kappa shape index (κ1) is 24.9. The van der Waals surface area contributed by atoms with Gasteiger partial charge in [-0.2, -0.15) is 13.2 Å². The molecule has 2 fully saturated rings. The van der Waals surface area contributed by atoms with Gasteiger partial charge in [-0.05, 0) is 56.2 Å². The van der Waals surface area contributed by atoms with Gasteiger partial charge in [0.25, 0.3) is 0 Å². The Kier molecular flexibility index (Phi) is 6.89. The van der Waals surface area contributed by atoms with Crippen LogP contribution >= 0.6 is 0 Å². The number of aromatic nitrogens is 2. The fraction of sp³-hybridized carbons (Fsp3) is 0.577. The van der Waals surface area contributed by atoms with E-state index in [0.717, 1.165) is 55.9 Å². The normalized spacial score (nSPS) is 21.0. The van der Waals surface area contributed by atoms with Gasteiger partial charge < -0.3 is 15.1 Å². The lowest BCUT2D eigenvalue weighted by Gasteiger charge is -2.38. The molecule has 0 radical (unpaired) electrons. The number of amides is 1. The van der Waals surface area contributed by atoms with Gasteiger partial charge in [0.2, 0.25) is 5.91 Å². The highest BCUT2D eigenvalue weighted by Gasteiger charge is 2.35.